The highest BCUT2D eigenvalue weighted by Gasteiger charge is 2.36. The van der Waals surface area contributed by atoms with E-state index in [-0.39, 0.29) is 18.1 Å². The van der Waals surface area contributed by atoms with Crippen LogP contribution in [-0.4, -0.2) is 18.1 Å². The molecule has 0 spiro atoms. The third kappa shape index (κ3) is 2.14. The molecule has 94 valence electrons. The molecule has 2 aliphatic rings. The van der Waals surface area contributed by atoms with Gasteiger partial charge < -0.3 is 10.1 Å². The average Bonchev–Trinajstić information content (AvgIpc) is 2.96. The first-order chi connectivity index (χ1) is 8.63. The summed E-state index contributed by atoms with van der Waals surface area (Å²) in [4.78, 5) is 12.1. The highest BCUT2D eigenvalue weighted by atomic mass is 35.5. The molecule has 1 aromatic carbocycles. The molecule has 0 aliphatic carbocycles. The summed E-state index contributed by atoms with van der Waals surface area (Å²) in [6.07, 6.45) is 3.91. The summed E-state index contributed by atoms with van der Waals surface area (Å²) in [5, 5.41) is 3.70. The van der Waals surface area contributed by atoms with Crippen LogP contribution in [-0.2, 0) is 9.53 Å². The molecule has 1 amide bonds. The predicted octanol–water partition coefficient (Wildman–Crippen LogP) is 3.42. The number of nitrogens with one attached hydrogen (secondary N) is 1. The standard InChI is InChI=1S/C13H11Cl2NO2/c14-10-3-1-7(5-11(10)15)16-13(17)9-6-8-2-4-12(9)18-8/h1,3,5-6,8,12H,2,4H2,(H,16,17). The van der Waals surface area contributed by atoms with Gasteiger partial charge in [0.1, 0.15) is 0 Å². The maximum absolute atomic E-state index is 12.1. The fraction of sp³-hybridized carbons (Fsp3) is 0.308. The summed E-state index contributed by atoms with van der Waals surface area (Å²) in [6.45, 7) is 0. The van der Waals surface area contributed by atoms with Crippen LogP contribution in [0, 0.1) is 0 Å². The minimum absolute atomic E-state index is 0.0437. The van der Waals surface area contributed by atoms with Crippen molar-refractivity contribution >= 4 is 34.8 Å². The molecule has 18 heavy (non-hydrogen) atoms. The van der Waals surface area contributed by atoms with Crippen molar-refractivity contribution in [1.29, 1.82) is 0 Å². The Kier molecular flexibility index (Phi) is 3.06. The van der Waals surface area contributed by atoms with Gasteiger partial charge in [0.2, 0.25) is 0 Å². The Bertz CT molecular complexity index is 542. The number of carbonyl (C=O) groups excluding carboxylic acids is 1. The molecule has 2 heterocycles. The largest absolute Gasteiger partial charge is 0.366 e. The summed E-state index contributed by atoms with van der Waals surface area (Å²) in [5.74, 6) is -0.124. The Morgan fingerprint density at radius 2 is 2.11 bits per heavy atom. The molecule has 2 bridgehead atoms. The zero-order valence-corrected chi connectivity index (χ0v) is 11.0. The van der Waals surface area contributed by atoms with Crippen LogP contribution in [0.4, 0.5) is 5.69 Å². The lowest BCUT2D eigenvalue weighted by Gasteiger charge is -2.11. The van der Waals surface area contributed by atoms with Crippen LogP contribution in [0.1, 0.15) is 12.8 Å². The minimum atomic E-state index is -0.124. The smallest absolute Gasteiger partial charge is 0.253 e. The third-order valence-corrected chi connectivity index (χ3v) is 3.94. The first-order valence-corrected chi connectivity index (χ1v) is 6.52. The van der Waals surface area contributed by atoms with E-state index in [1.165, 1.54) is 0 Å². The Labute approximate surface area is 115 Å². The molecule has 0 radical (unpaired) electrons. The second-order valence-electron chi connectivity index (χ2n) is 4.45. The van der Waals surface area contributed by atoms with E-state index in [9.17, 15) is 4.79 Å². The van der Waals surface area contributed by atoms with E-state index in [1.807, 2.05) is 6.08 Å². The fourth-order valence-electron chi connectivity index (χ4n) is 2.32. The van der Waals surface area contributed by atoms with Crippen LogP contribution in [0.25, 0.3) is 0 Å². The van der Waals surface area contributed by atoms with Crippen molar-refractivity contribution < 1.29 is 9.53 Å². The number of rotatable bonds is 2. The summed E-state index contributed by atoms with van der Waals surface area (Å²) in [7, 11) is 0. The number of carbonyl (C=O) groups is 1. The Morgan fingerprint density at radius 3 is 2.72 bits per heavy atom. The maximum Gasteiger partial charge on any atom is 0.253 e. The van der Waals surface area contributed by atoms with E-state index in [1.54, 1.807) is 18.2 Å². The van der Waals surface area contributed by atoms with Gasteiger partial charge in [-0.1, -0.05) is 23.2 Å². The van der Waals surface area contributed by atoms with Crippen LogP contribution in [0.5, 0.6) is 0 Å². The quantitative estimate of drug-likeness (QED) is 0.903. The van der Waals surface area contributed by atoms with Crippen LogP contribution in [0.2, 0.25) is 10.0 Å². The van der Waals surface area contributed by atoms with E-state index in [4.69, 9.17) is 27.9 Å². The SMILES string of the molecule is O=C(Nc1ccc(Cl)c(Cl)c1)C1=CC2CCC1O2. The summed E-state index contributed by atoms with van der Waals surface area (Å²) in [5.41, 5.74) is 1.36. The molecule has 2 unspecified atom stereocenters. The maximum atomic E-state index is 12.1. The number of hydrogen-bond donors (Lipinski definition) is 1. The molecule has 1 saturated heterocycles. The van der Waals surface area contributed by atoms with E-state index in [0.717, 1.165) is 18.4 Å². The zero-order valence-electron chi connectivity index (χ0n) is 9.45. The molecule has 0 saturated carbocycles. The molecule has 0 aromatic heterocycles. The second kappa shape index (κ2) is 4.57. The molecular weight excluding hydrogens is 273 g/mol. The van der Waals surface area contributed by atoms with Crippen molar-refractivity contribution in [3.05, 3.63) is 39.9 Å². The Morgan fingerprint density at radius 1 is 1.28 bits per heavy atom. The van der Waals surface area contributed by atoms with Gasteiger partial charge in [0.15, 0.2) is 0 Å². The molecule has 5 heteroatoms. The van der Waals surface area contributed by atoms with Crippen molar-refractivity contribution in [3.63, 3.8) is 0 Å². The predicted molar refractivity (Wildman–Crippen MR) is 71.1 cm³/mol. The van der Waals surface area contributed by atoms with Gasteiger partial charge in [-0.3, -0.25) is 4.79 Å². The first kappa shape index (κ1) is 12.0. The number of hydrogen-bond acceptors (Lipinski definition) is 2. The van der Waals surface area contributed by atoms with Crippen molar-refractivity contribution in [1.82, 2.24) is 0 Å². The highest BCUT2D eigenvalue weighted by Crippen LogP contribution is 2.34. The number of anilines is 1. The van der Waals surface area contributed by atoms with Gasteiger partial charge in [0.05, 0.1) is 22.3 Å². The van der Waals surface area contributed by atoms with Crippen molar-refractivity contribution in [2.45, 2.75) is 25.0 Å². The van der Waals surface area contributed by atoms with Gasteiger partial charge in [0.25, 0.3) is 5.91 Å². The van der Waals surface area contributed by atoms with Gasteiger partial charge >= 0.3 is 0 Å². The van der Waals surface area contributed by atoms with Crippen LogP contribution < -0.4 is 5.32 Å². The lowest BCUT2D eigenvalue weighted by molar-refractivity contribution is -0.113. The van der Waals surface area contributed by atoms with Gasteiger partial charge in [-0.15, -0.1) is 0 Å². The molecule has 2 aliphatic heterocycles. The van der Waals surface area contributed by atoms with Crippen molar-refractivity contribution in [2.24, 2.45) is 0 Å². The lowest BCUT2D eigenvalue weighted by Crippen LogP contribution is -2.21. The molecule has 2 atom stereocenters. The Hall–Kier alpha value is -1.03. The molecule has 3 rings (SSSR count). The minimum Gasteiger partial charge on any atom is -0.366 e. The third-order valence-electron chi connectivity index (χ3n) is 3.20. The van der Waals surface area contributed by atoms with Crippen molar-refractivity contribution in [3.8, 4) is 0 Å². The van der Waals surface area contributed by atoms with Gasteiger partial charge in [-0.25, -0.2) is 0 Å². The monoisotopic (exact) mass is 283 g/mol. The summed E-state index contributed by atoms with van der Waals surface area (Å²) >= 11 is 11.7. The normalized spacial score (nSPS) is 25.1. The zero-order chi connectivity index (χ0) is 12.7. The van der Waals surface area contributed by atoms with Crippen molar-refractivity contribution in [2.75, 3.05) is 5.32 Å². The van der Waals surface area contributed by atoms with Crippen LogP contribution in [0.3, 0.4) is 0 Å². The van der Waals surface area contributed by atoms with E-state index >= 15 is 0 Å². The average molecular weight is 284 g/mol. The first-order valence-electron chi connectivity index (χ1n) is 5.77. The molecule has 1 fully saturated rings. The van der Waals surface area contributed by atoms with Gasteiger partial charge in [-0.2, -0.15) is 0 Å². The number of ether oxygens (including phenoxy) is 1. The number of fused-ring (bicyclic) bond motifs is 2. The second-order valence-corrected chi connectivity index (χ2v) is 5.26. The molecular formula is C13H11Cl2NO2. The lowest BCUT2D eigenvalue weighted by atomic mass is 9.99. The molecule has 1 aromatic rings. The van der Waals surface area contributed by atoms with E-state index < -0.39 is 0 Å². The topological polar surface area (TPSA) is 38.3 Å². The Balaban J connectivity index is 1.75. The highest BCUT2D eigenvalue weighted by molar-refractivity contribution is 6.42. The number of halogens is 2. The van der Waals surface area contributed by atoms with Crippen LogP contribution >= 0.6 is 23.2 Å². The summed E-state index contributed by atoms with van der Waals surface area (Å²) < 4.78 is 5.59. The molecule has 1 N–H and O–H groups in total. The molecule has 3 nitrogen and oxygen atoms in total. The van der Waals surface area contributed by atoms with E-state index in [2.05, 4.69) is 5.32 Å². The fourth-order valence-corrected chi connectivity index (χ4v) is 2.62. The van der Waals surface area contributed by atoms with Gasteiger partial charge in [-0.05, 0) is 37.1 Å². The summed E-state index contributed by atoms with van der Waals surface area (Å²) in [6, 6.07) is 5.02. The number of amides is 1. The van der Waals surface area contributed by atoms with E-state index in [0.29, 0.717) is 15.7 Å². The van der Waals surface area contributed by atoms with Crippen LogP contribution in [0.15, 0.2) is 29.8 Å². The van der Waals surface area contributed by atoms with Gasteiger partial charge in [0, 0.05) is 11.3 Å². The number of benzene rings is 1.